The van der Waals surface area contributed by atoms with Crippen molar-refractivity contribution in [3.63, 3.8) is 0 Å². The zero-order valence-electron chi connectivity index (χ0n) is 13.4. The minimum absolute atomic E-state index is 0.0646. The van der Waals surface area contributed by atoms with Gasteiger partial charge in [0.25, 0.3) is 0 Å². The van der Waals surface area contributed by atoms with Crippen LogP contribution in [0, 0.1) is 6.92 Å². The number of nitrogen functional groups attached to an aromatic ring is 1. The third-order valence-corrected chi connectivity index (χ3v) is 5.90. The largest absolute Gasteiger partial charge is 0.398 e. The molecule has 3 rings (SSSR count). The molecule has 0 bridgehead atoms. The third kappa shape index (κ3) is 4.08. The van der Waals surface area contributed by atoms with Crippen molar-refractivity contribution in [1.82, 2.24) is 0 Å². The Hall–Kier alpha value is -2.04. The first-order valence-electron chi connectivity index (χ1n) is 7.76. The molecule has 1 unspecified atom stereocenters. The molecule has 0 aliphatic carbocycles. The summed E-state index contributed by atoms with van der Waals surface area (Å²) in [6.07, 6.45) is 0.457. The number of rotatable bonds is 6. The highest BCUT2D eigenvalue weighted by Crippen LogP contribution is 2.41. The van der Waals surface area contributed by atoms with E-state index < -0.39 is 0 Å². The van der Waals surface area contributed by atoms with Crippen molar-refractivity contribution in [3.05, 3.63) is 82.0 Å². The molecular weight excluding hydrogens is 334 g/mol. The molecule has 1 atom stereocenters. The van der Waals surface area contributed by atoms with E-state index in [0.29, 0.717) is 6.42 Å². The summed E-state index contributed by atoms with van der Waals surface area (Å²) in [5, 5.41) is 4.22. The fourth-order valence-electron chi connectivity index (χ4n) is 2.45. The minimum Gasteiger partial charge on any atom is -0.398 e. The van der Waals surface area contributed by atoms with Gasteiger partial charge in [-0.25, -0.2) is 0 Å². The highest BCUT2D eigenvalue weighted by molar-refractivity contribution is 7.99. The first kappa shape index (κ1) is 16.8. The second kappa shape index (κ2) is 7.69. The van der Waals surface area contributed by atoms with Crippen LogP contribution in [0.5, 0.6) is 0 Å². The van der Waals surface area contributed by atoms with Gasteiger partial charge in [-0.1, -0.05) is 42.0 Å². The lowest BCUT2D eigenvalue weighted by atomic mass is 10.0. The van der Waals surface area contributed by atoms with Crippen LogP contribution in [-0.2, 0) is 0 Å². The number of anilines is 1. The van der Waals surface area contributed by atoms with Crippen LogP contribution in [0.15, 0.2) is 70.3 Å². The number of para-hydroxylation sites is 1. The average molecular weight is 354 g/mol. The third-order valence-electron chi connectivity index (χ3n) is 3.85. The van der Waals surface area contributed by atoms with E-state index >= 15 is 0 Å². The molecule has 2 N–H and O–H groups in total. The predicted octanol–water partition coefficient (Wildman–Crippen LogP) is 5.75. The number of hydrogen-bond donors (Lipinski definition) is 1. The molecule has 4 heteroatoms. The van der Waals surface area contributed by atoms with Crippen LogP contribution in [0.25, 0.3) is 0 Å². The lowest BCUT2D eigenvalue weighted by Crippen LogP contribution is -2.05. The molecule has 2 nitrogen and oxygen atoms in total. The second-order valence-electron chi connectivity index (χ2n) is 5.69. The fourth-order valence-corrected chi connectivity index (χ4v) is 4.44. The van der Waals surface area contributed by atoms with Crippen LogP contribution in [0.3, 0.4) is 0 Å². The summed E-state index contributed by atoms with van der Waals surface area (Å²) in [5.74, 6) is 0.160. The van der Waals surface area contributed by atoms with Gasteiger partial charge < -0.3 is 5.73 Å². The lowest BCUT2D eigenvalue weighted by molar-refractivity contribution is 0.0982. The molecule has 0 fully saturated rings. The van der Waals surface area contributed by atoms with Crippen molar-refractivity contribution in [3.8, 4) is 0 Å². The molecule has 0 saturated carbocycles. The molecule has 24 heavy (non-hydrogen) atoms. The van der Waals surface area contributed by atoms with Gasteiger partial charge >= 0.3 is 0 Å². The van der Waals surface area contributed by atoms with Crippen molar-refractivity contribution in [2.45, 2.75) is 23.5 Å². The summed E-state index contributed by atoms with van der Waals surface area (Å²) in [4.78, 5) is 13.7. The standard InChI is InChI=1S/C20H19NOS2/c1-14-6-8-15(9-7-14)18(22)12-20(16-10-11-23-13-16)24-19-5-3-2-4-17(19)21/h2-11,13,20H,12,21H2,1H3. The number of thioether (sulfide) groups is 1. The number of hydrogen-bond acceptors (Lipinski definition) is 4. The monoisotopic (exact) mass is 353 g/mol. The molecule has 3 aromatic rings. The Morgan fingerprint density at radius 3 is 2.54 bits per heavy atom. The van der Waals surface area contributed by atoms with Gasteiger partial charge in [-0.2, -0.15) is 11.3 Å². The van der Waals surface area contributed by atoms with E-state index in [-0.39, 0.29) is 11.0 Å². The predicted molar refractivity (Wildman–Crippen MR) is 104 cm³/mol. The number of carbonyl (C=O) groups is 1. The maximum Gasteiger partial charge on any atom is 0.164 e. The Kier molecular flexibility index (Phi) is 5.38. The molecule has 0 saturated heterocycles. The van der Waals surface area contributed by atoms with E-state index in [1.807, 2.05) is 60.8 Å². The topological polar surface area (TPSA) is 43.1 Å². The van der Waals surface area contributed by atoms with Crippen molar-refractivity contribution in [1.29, 1.82) is 0 Å². The SMILES string of the molecule is Cc1ccc(C(=O)CC(Sc2ccccc2N)c2ccsc2)cc1. The highest BCUT2D eigenvalue weighted by Gasteiger charge is 2.20. The molecule has 122 valence electrons. The molecule has 0 spiro atoms. The first-order valence-corrected chi connectivity index (χ1v) is 9.59. The van der Waals surface area contributed by atoms with Gasteiger partial charge in [0.05, 0.1) is 0 Å². The molecule has 0 radical (unpaired) electrons. The van der Waals surface area contributed by atoms with Crippen LogP contribution < -0.4 is 5.73 Å². The maximum absolute atomic E-state index is 12.7. The number of aryl methyl sites for hydroxylation is 1. The quantitative estimate of drug-likeness (QED) is 0.349. The van der Waals surface area contributed by atoms with Gasteiger partial charge in [0.15, 0.2) is 5.78 Å². The van der Waals surface area contributed by atoms with Crippen LogP contribution >= 0.6 is 23.1 Å². The number of nitrogens with two attached hydrogens (primary N) is 1. The average Bonchev–Trinajstić information content (AvgIpc) is 3.11. The molecule has 1 heterocycles. The van der Waals surface area contributed by atoms with E-state index in [2.05, 4.69) is 11.4 Å². The lowest BCUT2D eigenvalue weighted by Gasteiger charge is -2.16. The summed E-state index contributed by atoms with van der Waals surface area (Å²) in [7, 11) is 0. The summed E-state index contributed by atoms with van der Waals surface area (Å²) in [6, 6.07) is 17.7. The molecular formula is C20H19NOS2. The highest BCUT2D eigenvalue weighted by atomic mass is 32.2. The Balaban J connectivity index is 1.82. The maximum atomic E-state index is 12.7. The van der Waals surface area contributed by atoms with Crippen LogP contribution in [0.2, 0.25) is 0 Å². The van der Waals surface area contributed by atoms with E-state index in [9.17, 15) is 4.79 Å². The fraction of sp³-hybridized carbons (Fsp3) is 0.150. The molecule has 0 amide bonds. The zero-order chi connectivity index (χ0) is 16.9. The number of Topliss-reactive ketones (excluding diaryl/α,β-unsaturated/α-hetero) is 1. The Morgan fingerprint density at radius 1 is 1.12 bits per heavy atom. The first-order chi connectivity index (χ1) is 11.6. The molecule has 1 aromatic heterocycles. The van der Waals surface area contributed by atoms with Crippen LogP contribution in [0.1, 0.15) is 33.2 Å². The zero-order valence-corrected chi connectivity index (χ0v) is 15.1. The normalized spacial score (nSPS) is 12.0. The van der Waals surface area contributed by atoms with Gasteiger partial charge in [-0.15, -0.1) is 11.8 Å². The number of ketones is 1. The van der Waals surface area contributed by atoms with Crippen LogP contribution in [0.4, 0.5) is 5.69 Å². The summed E-state index contributed by atoms with van der Waals surface area (Å²) < 4.78 is 0. The van der Waals surface area contributed by atoms with Gasteiger partial charge in [-0.05, 0) is 41.4 Å². The number of benzene rings is 2. The summed E-state index contributed by atoms with van der Waals surface area (Å²) in [5.41, 5.74) is 9.93. The van der Waals surface area contributed by atoms with Crippen molar-refractivity contribution in [2.24, 2.45) is 0 Å². The van der Waals surface area contributed by atoms with E-state index in [1.165, 1.54) is 5.56 Å². The van der Waals surface area contributed by atoms with Gasteiger partial charge in [0.1, 0.15) is 0 Å². The Labute approximate surface area is 150 Å². The van der Waals surface area contributed by atoms with Gasteiger partial charge in [-0.3, -0.25) is 4.79 Å². The van der Waals surface area contributed by atoms with Crippen molar-refractivity contribution >= 4 is 34.6 Å². The summed E-state index contributed by atoms with van der Waals surface area (Å²) >= 11 is 3.31. The molecule has 0 aliphatic rings. The Morgan fingerprint density at radius 2 is 1.88 bits per heavy atom. The number of thiophene rings is 1. The summed E-state index contributed by atoms with van der Waals surface area (Å²) in [6.45, 7) is 2.02. The molecule has 2 aromatic carbocycles. The Bertz CT molecular complexity index is 810. The van der Waals surface area contributed by atoms with Gasteiger partial charge in [0, 0.05) is 27.8 Å². The van der Waals surface area contributed by atoms with Crippen molar-refractivity contribution in [2.75, 3.05) is 5.73 Å². The van der Waals surface area contributed by atoms with E-state index in [1.54, 1.807) is 23.1 Å². The number of carbonyl (C=O) groups excluding carboxylic acids is 1. The minimum atomic E-state index is 0.0646. The second-order valence-corrected chi connectivity index (χ2v) is 7.72. The molecule has 0 aliphatic heterocycles. The van der Waals surface area contributed by atoms with Gasteiger partial charge in [0.2, 0.25) is 0 Å². The van der Waals surface area contributed by atoms with E-state index in [0.717, 1.165) is 21.7 Å². The van der Waals surface area contributed by atoms with Crippen LogP contribution in [-0.4, -0.2) is 5.78 Å². The van der Waals surface area contributed by atoms with Crippen molar-refractivity contribution < 1.29 is 4.79 Å². The van der Waals surface area contributed by atoms with E-state index in [4.69, 9.17) is 5.73 Å². The smallest absolute Gasteiger partial charge is 0.164 e.